The Morgan fingerprint density at radius 1 is 0.735 bits per heavy atom. The molecule has 0 atom stereocenters. The van der Waals surface area contributed by atoms with E-state index in [1.54, 1.807) is 0 Å². The molecular weight excluding hydrogens is 454 g/mol. The minimum absolute atomic E-state index is 0.0865. The molecule has 34 heavy (non-hydrogen) atoms. The molecule has 13 heteroatoms. The van der Waals surface area contributed by atoms with Crippen LogP contribution in [0.1, 0.15) is 25.7 Å². The lowest BCUT2D eigenvalue weighted by atomic mass is 10.3. The third-order valence-corrected chi connectivity index (χ3v) is 4.19. The third-order valence-electron chi connectivity index (χ3n) is 4.19. The van der Waals surface area contributed by atoms with E-state index in [0.29, 0.717) is 39.3 Å². The van der Waals surface area contributed by atoms with Crippen molar-refractivity contribution in [1.29, 1.82) is 0 Å². The first-order valence-corrected chi connectivity index (χ1v) is 10.3. The van der Waals surface area contributed by atoms with Crippen molar-refractivity contribution in [3.05, 3.63) is 69.0 Å². The molecule has 2 rings (SSSR count). The molecular formula is C21H24N3O10+. The van der Waals surface area contributed by atoms with Crippen molar-refractivity contribution < 1.29 is 43.2 Å². The van der Waals surface area contributed by atoms with E-state index in [0.717, 1.165) is 4.73 Å². The van der Waals surface area contributed by atoms with Crippen LogP contribution in [0.3, 0.4) is 0 Å². The van der Waals surface area contributed by atoms with Crippen molar-refractivity contribution in [3.63, 3.8) is 0 Å². The van der Waals surface area contributed by atoms with Gasteiger partial charge < -0.3 is 14.2 Å². The van der Waals surface area contributed by atoms with E-state index in [1.165, 1.54) is 48.8 Å². The molecule has 0 aliphatic rings. The summed E-state index contributed by atoms with van der Waals surface area (Å²) in [6.07, 6.45) is 3.67. The molecule has 0 N–H and O–H groups in total. The molecule has 0 unspecified atom stereocenters. The molecule has 1 aromatic heterocycles. The van der Waals surface area contributed by atoms with Crippen LogP contribution in [0.2, 0.25) is 0 Å². The number of carbonyl (C=O) groups is 2. The fourth-order valence-corrected chi connectivity index (χ4v) is 2.53. The van der Waals surface area contributed by atoms with Gasteiger partial charge in [0, 0.05) is 36.5 Å². The van der Waals surface area contributed by atoms with Gasteiger partial charge in [-0.05, 0) is 25.0 Å². The lowest BCUT2D eigenvalue weighted by molar-refractivity contribution is -0.869. The molecule has 0 bridgehead atoms. The van der Waals surface area contributed by atoms with Gasteiger partial charge in [0.05, 0.1) is 41.6 Å². The molecule has 0 aliphatic heterocycles. The van der Waals surface area contributed by atoms with Gasteiger partial charge in [0.1, 0.15) is 5.75 Å². The highest BCUT2D eigenvalue weighted by atomic mass is 16.7. The number of nitro groups is 2. The number of rotatable bonds is 15. The highest BCUT2D eigenvalue weighted by Gasteiger charge is 2.14. The lowest BCUT2D eigenvalue weighted by Gasteiger charge is -2.06. The number of hydrogen-bond acceptors (Lipinski definition) is 10. The Bertz CT molecular complexity index is 884. The van der Waals surface area contributed by atoms with E-state index in [4.69, 9.17) is 19.0 Å². The molecule has 0 radical (unpaired) electrons. The quantitative estimate of drug-likeness (QED) is 0.0923. The number of benzene rings is 1. The first-order chi connectivity index (χ1) is 16.3. The van der Waals surface area contributed by atoms with Gasteiger partial charge >= 0.3 is 11.9 Å². The monoisotopic (exact) mass is 478 g/mol. The van der Waals surface area contributed by atoms with Gasteiger partial charge in [0.2, 0.25) is 12.4 Å². The van der Waals surface area contributed by atoms with Gasteiger partial charge in [0.15, 0.2) is 0 Å². The molecule has 182 valence electrons. The Hall–Kier alpha value is -3.97. The van der Waals surface area contributed by atoms with E-state index in [2.05, 4.69) is 0 Å². The molecule has 0 amide bonds. The Morgan fingerprint density at radius 3 is 1.76 bits per heavy atom. The minimum Gasteiger partial charge on any atom is -0.427 e. The summed E-state index contributed by atoms with van der Waals surface area (Å²) in [7, 11) is 0. The number of nitro benzene ring substituents is 1. The molecule has 0 fully saturated rings. The van der Waals surface area contributed by atoms with Crippen LogP contribution in [0.25, 0.3) is 0 Å². The number of ether oxygens (including phenoxy) is 3. The zero-order valence-corrected chi connectivity index (χ0v) is 18.2. The number of pyridine rings is 1. The lowest BCUT2D eigenvalue weighted by Crippen LogP contribution is -2.45. The van der Waals surface area contributed by atoms with Gasteiger partial charge in [-0.1, -0.05) is 0 Å². The zero-order valence-electron chi connectivity index (χ0n) is 18.2. The van der Waals surface area contributed by atoms with Crippen LogP contribution in [0.5, 0.6) is 5.75 Å². The molecule has 0 saturated carbocycles. The molecule has 1 aromatic carbocycles. The fourth-order valence-electron chi connectivity index (χ4n) is 2.53. The number of nitrogens with zero attached hydrogens (tertiary/aromatic N) is 3. The van der Waals surface area contributed by atoms with E-state index >= 15 is 0 Å². The largest absolute Gasteiger partial charge is 0.427 e. The first-order valence-electron chi connectivity index (χ1n) is 10.3. The van der Waals surface area contributed by atoms with Crippen LogP contribution >= 0.6 is 0 Å². The van der Waals surface area contributed by atoms with E-state index < -0.39 is 21.8 Å². The summed E-state index contributed by atoms with van der Waals surface area (Å²) >= 11 is 0. The molecule has 2 aromatic rings. The van der Waals surface area contributed by atoms with Crippen molar-refractivity contribution in [3.8, 4) is 5.75 Å². The zero-order chi connectivity index (χ0) is 24.8. The van der Waals surface area contributed by atoms with Crippen LogP contribution in [0, 0.1) is 20.2 Å². The third kappa shape index (κ3) is 10.1. The number of hydrogen-bond donors (Lipinski definition) is 0. The summed E-state index contributed by atoms with van der Waals surface area (Å²) < 4.78 is 16.9. The number of esters is 1. The maximum absolute atomic E-state index is 11.7. The summed E-state index contributed by atoms with van der Waals surface area (Å²) in [5, 5.41) is 21.2. The molecule has 0 saturated heterocycles. The second-order valence-corrected chi connectivity index (χ2v) is 6.79. The van der Waals surface area contributed by atoms with Gasteiger partial charge in [-0.3, -0.25) is 25.0 Å². The minimum atomic E-state index is -0.550. The van der Waals surface area contributed by atoms with Crippen LogP contribution < -0.4 is 14.3 Å². The van der Waals surface area contributed by atoms with Crippen LogP contribution in [0.15, 0.2) is 48.8 Å². The van der Waals surface area contributed by atoms with E-state index in [-0.39, 0.29) is 30.0 Å². The predicted octanol–water partition coefficient (Wildman–Crippen LogP) is 1.94. The van der Waals surface area contributed by atoms with E-state index in [9.17, 15) is 29.8 Å². The van der Waals surface area contributed by atoms with Crippen molar-refractivity contribution in [2.24, 2.45) is 0 Å². The Kier molecular flexibility index (Phi) is 11.0. The summed E-state index contributed by atoms with van der Waals surface area (Å²) in [5.41, 5.74) is -0.193. The van der Waals surface area contributed by atoms with Gasteiger partial charge in [-0.25, -0.2) is 4.79 Å². The molecule has 13 nitrogen and oxygen atoms in total. The maximum Gasteiger partial charge on any atom is 0.380 e. The number of non-ortho nitro benzene ring substituents is 1. The summed E-state index contributed by atoms with van der Waals surface area (Å²) in [5.74, 6) is -0.730. The fraction of sp³-hybridized carbons (Fsp3) is 0.381. The molecule has 1 heterocycles. The second kappa shape index (κ2) is 14.2. The normalized spacial score (nSPS) is 10.5. The average molecular weight is 478 g/mol. The molecule has 0 spiro atoms. The predicted molar refractivity (Wildman–Crippen MR) is 114 cm³/mol. The van der Waals surface area contributed by atoms with Gasteiger partial charge in [-0.2, -0.15) is 4.84 Å². The standard InChI is InChI=1S/C21H24N3O10/c25-20(33-19-7-5-17(6-8-19)23(27)28)3-1-13-31-15-16-32-14-2-4-21(26)34-22-11-9-18(10-12-22)24(29)30/h5-12H,1-4,13-16H2/q+1. The van der Waals surface area contributed by atoms with Crippen molar-refractivity contribution >= 4 is 23.3 Å². The number of aromatic nitrogens is 1. The van der Waals surface area contributed by atoms with Gasteiger partial charge in [0.25, 0.3) is 11.4 Å². The highest BCUT2D eigenvalue weighted by molar-refractivity contribution is 5.72. The van der Waals surface area contributed by atoms with Gasteiger partial charge in [-0.15, -0.1) is 0 Å². The maximum atomic E-state index is 11.7. The first kappa shape index (κ1) is 26.3. The number of carbonyl (C=O) groups excluding carboxylic acids is 2. The average Bonchev–Trinajstić information content (AvgIpc) is 2.81. The topological polar surface area (TPSA) is 161 Å². The van der Waals surface area contributed by atoms with Crippen molar-refractivity contribution in [1.82, 2.24) is 0 Å². The van der Waals surface area contributed by atoms with Crippen LogP contribution in [0.4, 0.5) is 11.4 Å². The highest BCUT2D eigenvalue weighted by Crippen LogP contribution is 2.17. The Balaban J connectivity index is 1.44. The SMILES string of the molecule is O=C(CCCOCCOCCCC(=O)O[n+]1ccc([N+](=O)[O-])cc1)Oc1ccc([N+](=O)[O-])cc1. The summed E-state index contributed by atoms with van der Waals surface area (Å²) in [6.45, 7) is 1.29. The van der Waals surface area contributed by atoms with Crippen molar-refractivity contribution in [2.75, 3.05) is 26.4 Å². The summed E-state index contributed by atoms with van der Waals surface area (Å²) in [4.78, 5) is 48.6. The van der Waals surface area contributed by atoms with E-state index in [1.807, 2.05) is 0 Å². The second-order valence-electron chi connectivity index (χ2n) is 6.79. The smallest absolute Gasteiger partial charge is 0.380 e. The Labute approximate surface area is 194 Å². The molecule has 0 aliphatic carbocycles. The van der Waals surface area contributed by atoms with Crippen LogP contribution in [-0.4, -0.2) is 48.2 Å². The Morgan fingerprint density at radius 2 is 1.24 bits per heavy atom. The van der Waals surface area contributed by atoms with Crippen molar-refractivity contribution in [2.45, 2.75) is 25.7 Å². The summed E-state index contributed by atoms with van der Waals surface area (Å²) in [6, 6.07) is 7.67. The van der Waals surface area contributed by atoms with Crippen LogP contribution in [-0.2, 0) is 19.1 Å².